The SMILES string of the molecule is COc1ccc(NC(=O)C2CN(C)CC3C(=O)N(c4ccccc4)NC23)cc1OC. The average molecular weight is 410 g/mol. The molecule has 2 fully saturated rings. The highest BCUT2D eigenvalue weighted by molar-refractivity contribution is 6.00. The lowest BCUT2D eigenvalue weighted by molar-refractivity contribution is -0.125. The van der Waals surface area contributed by atoms with Crippen LogP contribution in [-0.4, -0.2) is 57.1 Å². The van der Waals surface area contributed by atoms with Crippen molar-refractivity contribution in [2.45, 2.75) is 6.04 Å². The summed E-state index contributed by atoms with van der Waals surface area (Å²) in [6, 6.07) is 14.4. The van der Waals surface area contributed by atoms with Crippen LogP contribution in [0.1, 0.15) is 0 Å². The summed E-state index contributed by atoms with van der Waals surface area (Å²) in [5.74, 6) is 0.304. The number of benzene rings is 2. The van der Waals surface area contributed by atoms with Crippen molar-refractivity contribution in [3.8, 4) is 11.5 Å². The number of fused-ring (bicyclic) bond motifs is 1. The summed E-state index contributed by atoms with van der Waals surface area (Å²) in [5, 5.41) is 4.54. The third-order valence-electron chi connectivity index (χ3n) is 5.70. The van der Waals surface area contributed by atoms with Gasteiger partial charge in [-0.15, -0.1) is 0 Å². The largest absolute Gasteiger partial charge is 0.493 e. The number of hydrogen-bond donors (Lipinski definition) is 2. The van der Waals surface area contributed by atoms with Crippen molar-refractivity contribution in [3.05, 3.63) is 48.5 Å². The molecule has 2 aliphatic rings. The lowest BCUT2D eigenvalue weighted by Gasteiger charge is -2.36. The summed E-state index contributed by atoms with van der Waals surface area (Å²) in [5.41, 5.74) is 4.68. The highest BCUT2D eigenvalue weighted by Crippen LogP contribution is 2.33. The Morgan fingerprint density at radius 3 is 2.50 bits per heavy atom. The summed E-state index contributed by atoms with van der Waals surface area (Å²) in [7, 11) is 5.05. The van der Waals surface area contributed by atoms with Crippen LogP contribution in [0.3, 0.4) is 0 Å². The Hall–Kier alpha value is -3.10. The predicted octanol–water partition coefficient (Wildman–Crippen LogP) is 1.74. The highest BCUT2D eigenvalue weighted by atomic mass is 16.5. The van der Waals surface area contributed by atoms with Crippen LogP contribution in [-0.2, 0) is 9.59 Å². The van der Waals surface area contributed by atoms with Crippen LogP contribution in [0.15, 0.2) is 48.5 Å². The molecule has 0 spiro atoms. The zero-order chi connectivity index (χ0) is 21.3. The molecule has 0 bridgehead atoms. The van der Waals surface area contributed by atoms with E-state index in [0.717, 1.165) is 5.69 Å². The first-order valence-electron chi connectivity index (χ1n) is 9.88. The van der Waals surface area contributed by atoms with Crippen molar-refractivity contribution in [1.82, 2.24) is 10.3 Å². The van der Waals surface area contributed by atoms with Gasteiger partial charge in [0.25, 0.3) is 0 Å². The Morgan fingerprint density at radius 2 is 1.80 bits per heavy atom. The fraction of sp³-hybridized carbons (Fsp3) is 0.364. The van der Waals surface area contributed by atoms with Crippen LogP contribution < -0.4 is 25.2 Å². The molecule has 0 saturated carbocycles. The van der Waals surface area contributed by atoms with Gasteiger partial charge in [-0.3, -0.25) is 9.59 Å². The van der Waals surface area contributed by atoms with Crippen molar-refractivity contribution >= 4 is 23.2 Å². The third-order valence-corrected chi connectivity index (χ3v) is 5.70. The molecule has 30 heavy (non-hydrogen) atoms. The molecule has 2 aromatic rings. The summed E-state index contributed by atoms with van der Waals surface area (Å²) >= 11 is 0. The molecule has 2 aromatic carbocycles. The lowest BCUT2D eigenvalue weighted by Crippen LogP contribution is -2.55. The van der Waals surface area contributed by atoms with Gasteiger partial charge in [0.1, 0.15) is 0 Å². The quantitative estimate of drug-likeness (QED) is 0.781. The molecule has 4 rings (SSSR count). The molecule has 158 valence electrons. The van der Waals surface area contributed by atoms with E-state index in [1.165, 1.54) is 0 Å². The molecule has 2 amide bonds. The number of carbonyl (C=O) groups excluding carboxylic acids is 2. The molecule has 2 aliphatic heterocycles. The molecule has 2 N–H and O–H groups in total. The van der Waals surface area contributed by atoms with E-state index < -0.39 is 0 Å². The van der Waals surface area contributed by atoms with Crippen molar-refractivity contribution in [3.63, 3.8) is 0 Å². The molecule has 3 unspecified atom stereocenters. The fourth-order valence-corrected chi connectivity index (χ4v) is 4.22. The number of anilines is 2. The number of likely N-dealkylation sites (tertiary alicyclic amines) is 1. The number of amides is 2. The number of piperidine rings is 1. The Labute approximate surface area is 175 Å². The van der Waals surface area contributed by atoms with E-state index >= 15 is 0 Å². The second-order valence-electron chi connectivity index (χ2n) is 7.66. The minimum Gasteiger partial charge on any atom is -0.493 e. The van der Waals surface area contributed by atoms with Crippen LogP contribution in [0.2, 0.25) is 0 Å². The van der Waals surface area contributed by atoms with E-state index in [1.807, 2.05) is 42.3 Å². The van der Waals surface area contributed by atoms with Gasteiger partial charge in [-0.05, 0) is 31.3 Å². The van der Waals surface area contributed by atoms with Gasteiger partial charge in [-0.25, -0.2) is 10.4 Å². The zero-order valence-electron chi connectivity index (χ0n) is 17.3. The average Bonchev–Trinajstić information content (AvgIpc) is 3.10. The van der Waals surface area contributed by atoms with Gasteiger partial charge in [0.2, 0.25) is 11.8 Å². The van der Waals surface area contributed by atoms with Crippen molar-refractivity contribution in [2.75, 3.05) is 44.7 Å². The predicted molar refractivity (Wildman–Crippen MR) is 114 cm³/mol. The maximum atomic E-state index is 13.2. The fourth-order valence-electron chi connectivity index (χ4n) is 4.22. The number of nitrogens with one attached hydrogen (secondary N) is 2. The monoisotopic (exact) mass is 410 g/mol. The number of carbonyl (C=O) groups is 2. The Balaban J connectivity index is 1.55. The lowest BCUT2D eigenvalue weighted by atomic mass is 9.84. The molecule has 8 heteroatoms. The molecule has 0 radical (unpaired) electrons. The van der Waals surface area contributed by atoms with E-state index in [9.17, 15) is 9.59 Å². The van der Waals surface area contributed by atoms with Crippen molar-refractivity contribution in [2.24, 2.45) is 11.8 Å². The highest BCUT2D eigenvalue weighted by Gasteiger charge is 2.50. The van der Waals surface area contributed by atoms with Crippen molar-refractivity contribution in [1.29, 1.82) is 0 Å². The van der Waals surface area contributed by atoms with E-state index in [1.54, 1.807) is 37.4 Å². The smallest absolute Gasteiger partial charge is 0.247 e. The molecule has 0 aromatic heterocycles. The van der Waals surface area contributed by atoms with Gasteiger partial charge in [0.05, 0.1) is 37.8 Å². The van der Waals surface area contributed by atoms with E-state index in [4.69, 9.17) is 9.47 Å². The molecule has 2 heterocycles. The number of ether oxygens (including phenoxy) is 2. The number of para-hydroxylation sites is 1. The van der Waals surface area contributed by atoms with Crippen LogP contribution in [0.5, 0.6) is 11.5 Å². The summed E-state index contributed by atoms with van der Waals surface area (Å²) in [4.78, 5) is 28.3. The first kappa shape index (κ1) is 20.2. The van der Waals surface area contributed by atoms with Gasteiger partial charge in [-0.2, -0.15) is 0 Å². The van der Waals surface area contributed by atoms with E-state index in [-0.39, 0.29) is 29.7 Å². The first-order valence-corrected chi connectivity index (χ1v) is 9.88. The van der Waals surface area contributed by atoms with Gasteiger partial charge in [0, 0.05) is 24.8 Å². The van der Waals surface area contributed by atoms with E-state index in [0.29, 0.717) is 30.3 Å². The second kappa shape index (κ2) is 8.33. The van der Waals surface area contributed by atoms with E-state index in [2.05, 4.69) is 10.7 Å². The Kier molecular flexibility index (Phi) is 5.61. The van der Waals surface area contributed by atoms with Crippen LogP contribution in [0, 0.1) is 11.8 Å². The maximum Gasteiger partial charge on any atom is 0.247 e. The summed E-state index contributed by atoms with van der Waals surface area (Å²) in [6.45, 7) is 1.17. The zero-order valence-corrected chi connectivity index (χ0v) is 17.3. The Morgan fingerprint density at radius 1 is 1.07 bits per heavy atom. The summed E-state index contributed by atoms with van der Waals surface area (Å²) in [6.07, 6.45) is 0. The van der Waals surface area contributed by atoms with Crippen molar-refractivity contribution < 1.29 is 19.1 Å². The van der Waals surface area contributed by atoms with Gasteiger partial charge >= 0.3 is 0 Å². The Bertz CT molecular complexity index is 936. The molecule has 3 atom stereocenters. The molecular formula is C22H26N4O4. The number of methoxy groups -OCH3 is 2. The topological polar surface area (TPSA) is 83.1 Å². The number of hydrogen-bond acceptors (Lipinski definition) is 6. The standard InChI is InChI=1S/C22H26N4O4/c1-25-12-16(21(27)23-14-9-10-18(29-2)19(11-14)30-3)20-17(13-25)22(28)26(24-20)15-7-5-4-6-8-15/h4-11,16-17,20,24H,12-13H2,1-3H3,(H,23,27). The number of hydrazine groups is 1. The minimum absolute atomic E-state index is 0.0123. The number of rotatable bonds is 5. The van der Waals surface area contributed by atoms with Crippen LogP contribution >= 0.6 is 0 Å². The van der Waals surface area contributed by atoms with Crippen LogP contribution in [0.4, 0.5) is 11.4 Å². The van der Waals surface area contributed by atoms with Gasteiger partial charge in [0.15, 0.2) is 11.5 Å². The molecule has 8 nitrogen and oxygen atoms in total. The molecule has 0 aliphatic carbocycles. The molecule has 2 saturated heterocycles. The second-order valence-corrected chi connectivity index (χ2v) is 7.66. The maximum absolute atomic E-state index is 13.2. The third kappa shape index (κ3) is 3.71. The molecular weight excluding hydrogens is 384 g/mol. The van der Waals surface area contributed by atoms with Gasteiger partial charge in [-0.1, -0.05) is 18.2 Å². The van der Waals surface area contributed by atoms with Crippen LogP contribution in [0.25, 0.3) is 0 Å². The first-order chi connectivity index (χ1) is 14.5. The normalized spacial score (nSPS) is 23.8. The number of nitrogens with zero attached hydrogens (tertiary/aromatic N) is 2. The minimum atomic E-state index is -0.389. The van der Waals surface area contributed by atoms with Gasteiger partial charge < -0.3 is 19.7 Å². The summed E-state index contributed by atoms with van der Waals surface area (Å²) < 4.78 is 10.6.